The number of nitrogens with two attached hydrogens (primary N) is 1. The van der Waals surface area contributed by atoms with Gasteiger partial charge in [0.15, 0.2) is 5.65 Å². The molecule has 66 valence electrons. The third-order valence-corrected chi connectivity index (χ3v) is 1.84. The van der Waals surface area contributed by atoms with E-state index in [9.17, 15) is 0 Å². The SMILES string of the molecule is NCc1cnc2ccc(Cl)nc2n1. The molecule has 5 heteroatoms. The lowest BCUT2D eigenvalue weighted by Crippen LogP contribution is -2.01. The summed E-state index contributed by atoms with van der Waals surface area (Å²) in [6.07, 6.45) is 1.64. The molecule has 2 N–H and O–H groups in total. The highest BCUT2D eigenvalue weighted by molar-refractivity contribution is 6.29. The number of hydrogen-bond donors (Lipinski definition) is 1. The van der Waals surface area contributed by atoms with E-state index in [1.165, 1.54) is 0 Å². The minimum Gasteiger partial charge on any atom is -0.325 e. The lowest BCUT2D eigenvalue weighted by Gasteiger charge is -1.98. The van der Waals surface area contributed by atoms with E-state index in [2.05, 4.69) is 15.0 Å². The summed E-state index contributed by atoms with van der Waals surface area (Å²) < 4.78 is 0. The molecule has 0 saturated carbocycles. The summed E-state index contributed by atoms with van der Waals surface area (Å²) in [5.41, 5.74) is 7.39. The van der Waals surface area contributed by atoms with Gasteiger partial charge in [-0.3, -0.25) is 4.98 Å². The predicted molar refractivity (Wildman–Crippen MR) is 50.2 cm³/mol. The Morgan fingerprint density at radius 1 is 1.31 bits per heavy atom. The van der Waals surface area contributed by atoms with E-state index >= 15 is 0 Å². The lowest BCUT2D eigenvalue weighted by molar-refractivity contribution is 0.979. The fourth-order valence-electron chi connectivity index (χ4n) is 1.01. The molecule has 0 amide bonds. The average Bonchev–Trinajstić information content (AvgIpc) is 2.16. The Balaban J connectivity index is 2.68. The van der Waals surface area contributed by atoms with Crippen molar-refractivity contribution >= 4 is 22.8 Å². The van der Waals surface area contributed by atoms with Crippen molar-refractivity contribution in [3.8, 4) is 0 Å². The predicted octanol–water partition coefficient (Wildman–Crippen LogP) is 1.14. The Labute approximate surface area is 79.8 Å². The largest absolute Gasteiger partial charge is 0.325 e. The van der Waals surface area contributed by atoms with E-state index < -0.39 is 0 Å². The second-order valence-corrected chi connectivity index (χ2v) is 2.93. The highest BCUT2D eigenvalue weighted by atomic mass is 35.5. The van der Waals surface area contributed by atoms with Crippen LogP contribution >= 0.6 is 11.6 Å². The van der Waals surface area contributed by atoms with Gasteiger partial charge in [-0.15, -0.1) is 0 Å². The van der Waals surface area contributed by atoms with Crippen LogP contribution < -0.4 is 5.73 Å². The lowest BCUT2D eigenvalue weighted by atomic mass is 10.4. The topological polar surface area (TPSA) is 64.7 Å². The minimum atomic E-state index is 0.358. The monoisotopic (exact) mass is 194 g/mol. The average molecular weight is 195 g/mol. The fraction of sp³-hybridized carbons (Fsp3) is 0.125. The number of halogens is 1. The molecule has 0 aliphatic heterocycles. The standard InChI is InChI=1S/C8H7ClN4/c9-7-2-1-6-8(13-7)12-5(3-10)4-11-6/h1-2,4H,3,10H2. The normalized spacial score (nSPS) is 10.6. The molecule has 2 aromatic heterocycles. The summed E-state index contributed by atoms with van der Waals surface area (Å²) in [7, 11) is 0. The van der Waals surface area contributed by atoms with E-state index in [1.807, 2.05) is 0 Å². The molecule has 2 aromatic rings. The van der Waals surface area contributed by atoms with E-state index in [0.29, 0.717) is 23.0 Å². The zero-order valence-corrected chi connectivity index (χ0v) is 7.49. The van der Waals surface area contributed by atoms with Crippen LogP contribution in [0.25, 0.3) is 11.2 Å². The molecule has 0 fully saturated rings. The Hall–Kier alpha value is -1.26. The van der Waals surface area contributed by atoms with Crippen molar-refractivity contribution in [1.29, 1.82) is 0 Å². The Morgan fingerprint density at radius 3 is 2.92 bits per heavy atom. The summed E-state index contributed by atoms with van der Waals surface area (Å²) in [6, 6.07) is 3.46. The molecule has 4 nitrogen and oxygen atoms in total. The van der Waals surface area contributed by atoms with Crippen LogP contribution in [0.2, 0.25) is 5.15 Å². The van der Waals surface area contributed by atoms with Gasteiger partial charge in [-0.05, 0) is 12.1 Å². The third-order valence-electron chi connectivity index (χ3n) is 1.63. The molecule has 0 radical (unpaired) electrons. The van der Waals surface area contributed by atoms with Gasteiger partial charge in [-0.2, -0.15) is 0 Å². The van der Waals surface area contributed by atoms with Crippen LogP contribution in [0.4, 0.5) is 0 Å². The maximum absolute atomic E-state index is 5.70. The van der Waals surface area contributed by atoms with Crippen LogP contribution in [0.1, 0.15) is 5.69 Å². The van der Waals surface area contributed by atoms with Crippen molar-refractivity contribution < 1.29 is 0 Å². The van der Waals surface area contributed by atoms with Crippen LogP contribution in [0.15, 0.2) is 18.3 Å². The first-order chi connectivity index (χ1) is 6.29. The minimum absolute atomic E-state index is 0.358. The van der Waals surface area contributed by atoms with Gasteiger partial charge in [0.1, 0.15) is 10.7 Å². The zero-order valence-electron chi connectivity index (χ0n) is 6.74. The second kappa shape index (κ2) is 3.24. The van der Waals surface area contributed by atoms with Crippen molar-refractivity contribution in [3.05, 3.63) is 29.2 Å². The van der Waals surface area contributed by atoms with Crippen molar-refractivity contribution in [1.82, 2.24) is 15.0 Å². The van der Waals surface area contributed by atoms with Crippen LogP contribution in [0.5, 0.6) is 0 Å². The molecule has 0 aromatic carbocycles. The van der Waals surface area contributed by atoms with Crippen molar-refractivity contribution in [2.45, 2.75) is 6.54 Å². The van der Waals surface area contributed by atoms with Gasteiger partial charge in [0.05, 0.1) is 11.9 Å². The fourth-order valence-corrected chi connectivity index (χ4v) is 1.15. The van der Waals surface area contributed by atoms with E-state index in [-0.39, 0.29) is 0 Å². The maximum atomic E-state index is 5.70. The van der Waals surface area contributed by atoms with Gasteiger partial charge in [0.2, 0.25) is 0 Å². The van der Waals surface area contributed by atoms with Crippen molar-refractivity contribution in [2.24, 2.45) is 5.73 Å². The number of rotatable bonds is 1. The first-order valence-corrected chi connectivity index (χ1v) is 4.15. The van der Waals surface area contributed by atoms with Crippen LogP contribution in [-0.2, 0) is 6.54 Å². The molecule has 13 heavy (non-hydrogen) atoms. The molecule has 0 unspecified atom stereocenters. The van der Waals surface area contributed by atoms with Gasteiger partial charge in [-0.25, -0.2) is 9.97 Å². The summed E-state index contributed by atoms with van der Waals surface area (Å²) >= 11 is 5.70. The summed E-state index contributed by atoms with van der Waals surface area (Å²) in [5.74, 6) is 0. The summed E-state index contributed by atoms with van der Waals surface area (Å²) in [6.45, 7) is 0.358. The van der Waals surface area contributed by atoms with Crippen molar-refractivity contribution in [3.63, 3.8) is 0 Å². The maximum Gasteiger partial charge on any atom is 0.179 e. The van der Waals surface area contributed by atoms with Gasteiger partial charge < -0.3 is 5.73 Å². The number of nitrogens with zero attached hydrogens (tertiary/aromatic N) is 3. The first kappa shape index (κ1) is 8.34. The third kappa shape index (κ3) is 1.59. The highest BCUT2D eigenvalue weighted by Gasteiger charge is 1.99. The molecule has 0 aliphatic carbocycles. The van der Waals surface area contributed by atoms with Gasteiger partial charge in [0, 0.05) is 6.54 Å². The smallest absolute Gasteiger partial charge is 0.179 e. The number of pyridine rings is 1. The Bertz CT molecular complexity index is 443. The molecule has 2 rings (SSSR count). The van der Waals surface area contributed by atoms with Crippen LogP contribution in [0, 0.1) is 0 Å². The summed E-state index contributed by atoms with van der Waals surface area (Å²) in [5, 5.41) is 0.413. The first-order valence-electron chi connectivity index (χ1n) is 3.78. The van der Waals surface area contributed by atoms with E-state index in [0.717, 1.165) is 5.52 Å². The van der Waals surface area contributed by atoms with E-state index in [1.54, 1.807) is 18.3 Å². The Kier molecular flexibility index (Phi) is 2.08. The molecule has 0 aliphatic rings. The molecule has 0 bridgehead atoms. The molecular weight excluding hydrogens is 188 g/mol. The van der Waals surface area contributed by atoms with Gasteiger partial charge in [0.25, 0.3) is 0 Å². The molecule has 0 spiro atoms. The highest BCUT2D eigenvalue weighted by Crippen LogP contribution is 2.11. The van der Waals surface area contributed by atoms with Gasteiger partial charge in [-0.1, -0.05) is 11.6 Å². The van der Waals surface area contributed by atoms with Crippen molar-refractivity contribution in [2.75, 3.05) is 0 Å². The quantitative estimate of drug-likeness (QED) is 0.692. The zero-order chi connectivity index (χ0) is 9.26. The number of aromatic nitrogens is 3. The molecule has 0 saturated heterocycles. The van der Waals surface area contributed by atoms with Crippen LogP contribution in [0.3, 0.4) is 0 Å². The number of fused-ring (bicyclic) bond motifs is 1. The molecule has 2 heterocycles. The molecular formula is C8H7ClN4. The second-order valence-electron chi connectivity index (χ2n) is 2.54. The number of hydrogen-bond acceptors (Lipinski definition) is 4. The summed E-state index contributed by atoms with van der Waals surface area (Å²) in [4.78, 5) is 12.3. The molecule has 0 atom stereocenters. The van der Waals surface area contributed by atoms with Crippen LogP contribution in [-0.4, -0.2) is 15.0 Å². The Morgan fingerprint density at radius 2 is 2.15 bits per heavy atom. The van der Waals surface area contributed by atoms with Gasteiger partial charge >= 0.3 is 0 Å². The van der Waals surface area contributed by atoms with E-state index in [4.69, 9.17) is 17.3 Å².